The summed E-state index contributed by atoms with van der Waals surface area (Å²) in [5.74, 6) is -0.752. The minimum Gasteiger partial charge on any atom is -0.481 e. The molecular weight excluding hydrogens is 348 g/mol. The zero-order valence-electron chi connectivity index (χ0n) is 11.1. The largest absolute Gasteiger partial charge is 0.481 e. The van der Waals surface area contributed by atoms with E-state index in [9.17, 15) is 4.79 Å². The molecule has 5 nitrogen and oxygen atoms in total. The smallest absolute Gasteiger partial charge is 0.303 e. The lowest BCUT2D eigenvalue weighted by Gasteiger charge is -2.28. The van der Waals surface area contributed by atoms with Crippen LogP contribution in [-0.2, 0) is 16.0 Å². The number of nitrogens with zero attached hydrogens (tertiary/aromatic N) is 2. The number of unbranched alkanes of at least 4 members (excludes halogenated alkanes) is 1. The van der Waals surface area contributed by atoms with Crippen molar-refractivity contribution in [1.82, 2.24) is 9.55 Å². The van der Waals surface area contributed by atoms with Gasteiger partial charge in [-0.3, -0.25) is 4.79 Å². The molecule has 0 bridgehead atoms. The van der Waals surface area contributed by atoms with Gasteiger partial charge in [-0.2, -0.15) is 0 Å². The zero-order valence-corrected chi connectivity index (χ0v) is 13.4. The maximum atomic E-state index is 10.5. The number of aliphatic carboxylic acids is 1. The summed E-state index contributed by atoms with van der Waals surface area (Å²) >= 11 is 9.49. The summed E-state index contributed by atoms with van der Waals surface area (Å²) in [5, 5.41) is 8.65. The third kappa shape index (κ3) is 4.20. The Bertz CT molecular complexity index is 466. The first-order valence-electron chi connectivity index (χ1n) is 6.80. The molecule has 2 atom stereocenters. The van der Waals surface area contributed by atoms with Crippen LogP contribution in [0.5, 0.6) is 0 Å². The molecule has 2 unspecified atom stereocenters. The van der Waals surface area contributed by atoms with Crippen LogP contribution in [0.4, 0.5) is 0 Å². The van der Waals surface area contributed by atoms with E-state index in [1.807, 2.05) is 4.57 Å². The van der Waals surface area contributed by atoms with Crippen LogP contribution >= 0.6 is 27.5 Å². The summed E-state index contributed by atoms with van der Waals surface area (Å²) in [4.78, 5) is 14.8. The molecule has 0 spiro atoms. The van der Waals surface area contributed by atoms with Gasteiger partial charge in [0.25, 0.3) is 0 Å². The Kier molecular flexibility index (Phi) is 5.86. The number of imidazole rings is 1. The molecule has 1 N–H and O–H groups in total. The van der Waals surface area contributed by atoms with Crippen molar-refractivity contribution in [3.05, 3.63) is 16.6 Å². The molecule has 0 saturated carbocycles. The van der Waals surface area contributed by atoms with Crippen LogP contribution in [-0.4, -0.2) is 26.2 Å². The molecule has 1 aromatic rings. The highest BCUT2D eigenvalue weighted by Crippen LogP contribution is 2.31. The highest BCUT2D eigenvalue weighted by Gasteiger charge is 2.24. The number of ether oxygens (including phenoxy) is 1. The minimum absolute atomic E-state index is 0.0699. The number of hydrogen-bond acceptors (Lipinski definition) is 3. The normalized spacial score (nSPS) is 22.9. The fourth-order valence-corrected chi connectivity index (χ4v) is 3.14. The van der Waals surface area contributed by atoms with Gasteiger partial charge in [0.2, 0.25) is 0 Å². The SMILES string of the molecule is O=C(O)CCCCc1c(Br)ncn1C1CCCC(Cl)O1. The summed E-state index contributed by atoms with van der Waals surface area (Å²) < 4.78 is 8.56. The predicted molar refractivity (Wildman–Crippen MR) is 78.7 cm³/mol. The van der Waals surface area contributed by atoms with E-state index in [4.69, 9.17) is 21.4 Å². The Morgan fingerprint density at radius 2 is 2.35 bits per heavy atom. The van der Waals surface area contributed by atoms with Crippen LogP contribution < -0.4 is 0 Å². The van der Waals surface area contributed by atoms with Gasteiger partial charge in [-0.1, -0.05) is 11.6 Å². The Morgan fingerprint density at radius 1 is 1.55 bits per heavy atom. The molecule has 1 fully saturated rings. The van der Waals surface area contributed by atoms with Crippen molar-refractivity contribution >= 4 is 33.5 Å². The van der Waals surface area contributed by atoms with Gasteiger partial charge in [0.1, 0.15) is 16.4 Å². The summed E-state index contributed by atoms with van der Waals surface area (Å²) in [6.45, 7) is 0. The fourth-order valence-electron chi connectivity index (χ4n) is 2.38. The highest BCUT2D eigenvalue weighted by atomic mass is 79.9. The van der Waals surface area contributed by atoms with Gasteiger partial charge in [0.15, 0.2) is 0 Å². The minimum atomic E-state index is -0.752. The van der Waals surface area contributed by atoms with E-state index in [-0.39, 0.29) is 18.2 Å². The summed E-state index contributed by atoms with van der Waals surface area (Å²) in [5.41, 5.74) is 0.806. The first-order valence-corrected chi connectivity index (χ1v) is 8.03. The van der Waals surface area contributed by atoms with E-state index < -0.39 is 5.97 Å². The third-order valence-electron chi connectivity index (χ3n) is 3.40. The second-order valence-electron chi connectivity index (χ2n) is 4.92. The number of rotatable bonds is 6. The van der Waals surface area contributed by atoms with Crippen molar-refractivity contribution in [2.45, 2.75) is 56.7 Å². The second kappa shape index (κ2) is 7.43. The maximum Gasteiger partial charge on any atom is 0.303 e. The molecule has 0 aromatic carbocycles. The predicted octanol–water partition coefficient (Wildman–Crippen LogP) is 3.71. The molecular formula is C13H18BrClN2O3. The first-order chi connectivity index (χ1) is 9.58. The molecule has 112 valence electrons. The lowest BCUT2D eigenvalue weighted by Crippen LogP contribution is -2.23. The van der Waals surface area contributed by atoms with Gasteiger partial charge in [0.05, 0.1) is 12.0 Å². The van der Waals surface area contributed by atoms with Crippen LogP contribution in [0.25, 0.3) is 0 Å². The van der Waals surface area contributed by atoms with Gasteiger partial charge >= 0.3 is 5.97 Å². The standard InChI is InChI=1S/C13H18BrClN2O3/c14-13-9(4-1-2-7-12(18)19)17(8-16-13)11-6-3-5-10(15)20-11/h8,10-11H,1-7H2,(H,18,19). The lowest BCUT2D eigenvalue weighted by atomic mass is 10.1. The number of carbonyl (C=O) groups is 1. The monoisotopic (exact) mass is 364 g/mol. The summed E-state index contributed by atoms with van der Waals surface area (Å²) in [7, 11) is 0. The van der Waals surface area contributed by atoms with Crippen LogP contribution in [0, 0.1) is 0 Å². The molecule has 2 heterocycles. The number of carboxylic acids is 1. The molecule has 0 amide bonds. The second-order valence-corrected chi connectivity index (χ2v) is 6.16. The van der Waals surface area contributed by atoms with E-state index >= 15 is 0 Å². The Balaban J connectivity index is 1.97. The molecule has 7 heteroatoms. The summed E-state index contributed by atoms with van der Waals surface area (Å²) in [6.07, 6.45) is 6.99. The van der Waals surface area contributed by atoms with Crippen molar-refractivity contribution in [2.24, 2.45) is 0 Å². The Hall–Kier alpha value is -0.590. The molecule has 0 radical (unpaired) electrons. The van der Waals surface area contributed by atoms with Crippen LogP contribution in [0.1, 0.15) is 50.4 Å². The lowest BCUT2D eigenvalue weighted by molar-refractivity contribution is -0.137. The Morgan fingerprint density at radius 3 is 3.05 bits per heavy atom. The fraction of sp³-hybridized carbons (Fsp3) is 0.692. The zero-order chi connectivity index (χ0) is 14.5. The topological polar surface area (TPSA) is 64.3 Å². The van der Waals surface area contributed by atoms with Gasteiger partial charge < -0.3 is 14.4 Å². The van der Waals surface area contributed by atoms with Crippen LogP contribution in [0.3, 0.4) is 0 Å². The summed E-state index contributed by atoms with van der Waals surface area (Å²) in [6, 6.07) is 0. The van der Waals surface area contributed by atoms with Gasteiger partial charge in [0, 0.05) is 6.42 Å². The maximum absolute atomic E-state index is 10.5. The number of alkyl halides is 1. The van der Waals surface area contributed by atoms with E-state index in [0.29, 0.717) is 6.42 Å². The van der Waals surface area contributed by atoms with E-state index in [0.717, 1.165) is 42.4 Å². The highest BCUT2D eigenvalue weighted by molar-refractivity contribution is 9.10. The molecule has 20 heavy (non-hydrogen) atoms. The third-order valence-corrected chi connectivity index (χ3v) is 4.38. The molecule has 1 saturated heterocycles. The number of aromatic nitrogens is 2. The van der Waals surface area contributed by atoms with E-state index in [2.05, 4.69) is 20.9 Å². The number of hydrogen-bond donors (Lipinski definition) is 1. The van der Waals surface area contributed by atoms with Gasteiger partial charge in [-0.25, -0.2) is 4.98 Å². The van der Waals surface area contributed by atoms with Crippen molar-refractivity contribution in [3.63, 3.8) is 0 Å². The number of halogens is 2. The average Bonchev–Trinajstić information content (AvgIpc) is 2.76. The van der Waals surface area contributed by atoms with Crippen LogP contribution in [0.2, 0.25) is 0 Å². The Labute approximate surface area is 131 Å². The quantitative estimate of drug-likeness (QED) is 0.616. The molecule has 1 aliphatic rings. The van der Waals surface area contributed by atoms with Crippen molar-refractivity contribution in [1.29, 1.82) is 0 Å². The van der Waals surface area contributed by atoms with E-state index in [1.54, 1.807) is 6.33 Å². The van der Waals surface area contributed by atoms with Gasteiger partial charge in [-0.15, -0.1) is 0 Å². The van der Waals surface area contributed by atoms with Crippen LogP contribution in [0.15, 0.2) is 10.9 Å². The molecule has 1 aromatic heterocycles. The molecule has 2 rings (SSSR count). The molecule has 0 aliphatic carbocycles. The van der Waals surface area contributed by atoms with Gasteiger partial charge in [-0.05, 0) is 54.5 Å². The van der Waals surface area contributed by atoms with Crippen molar-refractivity contribution < 1.29 is 14.6 Å². The number of carboxylic acid groups (broad SMARTS) is 1. The average molecular weight is 366 g/mol. The van der Waals surface area contributed by atoms with Crippen molar-refractivity contribution in [3.8, 4) is 0 Å². The molecule has 1 aliphatic heterocycles. The first kappa shape index (κ1) is 15.8. The van der Waals surface area contributed by atoms with Crippen molar-refractivity contribution in [2.75, 3.05) is 0 Å². The van der Waals surface area contributed by atoms with E-state index in [1.165, 1.54) is 0 Å².